The van der Waals surface area contributed by atoms with Crippen molar-refractivity contribution in [2.75, 3.05) is 18.1 Å². The molecular formula is C26H40N2O4. The highest BCUT2D eigenvalue weighted by molar-refractivity contribution is 6.39. The Morgan fingerprint density at radius 1 is 1.00 bits per heavy atom. The minimum Gasteiger partial charge on any atom is -0.509 e. The molecule has 6 nitrogen and oxygen atoms in total. The first-order valence-corrected chi connectivity index (χ1v) is 12.3. The second kappa shape index (κ2) is 13.9. The molecule has 1 atom stereocenters. The summed E-state index contributed by atoms with van der Waals surface area (Å²) in [6.07, 6.45) is 10.8. The molecular weight excluding hydrogens is 404 g/mol. The molecule has 0 bridgehead atoms. The number of benzene rings is 1. The molecule has 178 valence electrons. The summed E-state index contributed by atoms with van der Waals surface area (Å²) in [5.74, 6) is -0.633. The number of rotatable bonds is 14. The number of unbranched alkanes of at least 4 members (excludes halogenated alkanes) is 8. The molecule has 0 saturated carbocycles. The van der Waals surface area contributed by atoms with Gasteiger partial charge >= 0.3 is 6.03 Å². The lowest BCUT2D eigenvalue weighted by molar-refractivity contribution is -0.112. The van der Waals surface area contributed by atoms with Gasteiger partial charge in [0.15, 0.2) is 0 Å². The highest BCUT2D eigenvalue weighted by atomic mass is 16.5. The van der Waals surface area contributed by atoms with Gasteiger partial charge in [0.2, 0.25) is 0 Å². The van der Waals surface area contributed by atoms with Gasteiger partial charge in [-0.3, -0.25) is 4.79 Å². The normalized spacial score (nSPS) is 15.6. The summed E-state index contributed by atoms with van der Waals surface area (Å²) < 4.78 is 5.82. The van der Waals surface area contributed by atoms with Crippen molar-refractivity contribution in [3.05, 3.63) is 35.6 Å². The van der Waals surface area contributed by atoms with Gasteiger partial charge in [-0.2, -0.15) is 0 Å². The molecule has 2 N–H and O–H groups in total. The molecule has 1 unspecified atom stereocenters. The van der Waals surface area contributed by atoms with Crippen LogP contribution < -0.4 is 10.2 Å². The quantitative estimate of drug-likeness (QED) is 0.199. The summed E-state index contributed by atoms with van der Waals surface area (Å²) in [5.41, 5.74) is 1.20. The zero-order valence-electron chi connectivity index (χ0n) is 20.0. The Kier molecular flexibility index (Phi) is 11.3. The number of aliphatic hydroxyl groups is 1. The molecule has 0 radical (unpaired) electrons. The van der Waals surface area contributed by atoms with E-state index in [2.05, 4.69) is 12.2 Å². The van der Waals surface area contributed by atoms with Crippen LogP contribution in [0.1, 0.15) is 90.5 Å². The number of para-hydroxylation sites is 1. The maximum Gasteiger partial charge on any atom is 0.329 e. The van der Waals surface area contributed by atoms with Gasteiger partial charge in [0, 0.05) is 18.7 Å². The molecule has 0 fully saturated rings. The fourth-order valence-electron chi connectivity index (χ4n) is 3.90. The van der Waals surface area contributed by atoms with Crippen molar-refractivity contribution in [1.82, 2.24) is 5.32 Å². The van der Waals surface area contributed by atoms with Crippen molar-refractivity contribution in [1.29, 1.82) is 0 Å². The molecule has 32 heavy (non-hydrogen) atoms. The number of carbonyl (C=O) groups is 2. The van der Waals surface area contributed by atoms with Crippen LogP contribution in [0.4, 0.5) is 10.5 Å². The Hall–Kier alpha value is -2.34. The lowest BCUT2D eigenvalue weighted by Gasteiger charge is -2.17. The van der Waals surface area contributed by atoms with E-state index in [1.54, 1.807) is 31.2 Å². The van der Waals surface area contributed by atoms with Crippen molar-refractivity contribution >= 4 is 23.2 Å². The molecule has 1 aliphatic rings. The Labute approximate surface area is 193 Å². The number of nitrogens with zero attached hydrogens (tertiary/aromatic N) is 1. The highest BCUT2D eigenvalue weighted by Crippen LogP contribution is 2.38. The maximum absolute atomic E-state index is 13.1. The average Bonchev–Trinajstić information content (AvgIpc) is 3.09. The number of aliphatic hydroxyl groups excluding tert-OH is 1. The summed E-state index contributed by atoms with van der Waals surface area (Å²) in [6.45, 7) is 7.04. The smallest absolute Gasteiger partial charge is 0.329 e. The third-order valence-electron chi connectivity index (χ3n) is 5.85. The molecule has 1 heterocycles. The zero-order chi connectivity index (χ0) is 23.3. The largest absolute Gasteiger partial charge is 0.509 e. The Morgan fingerprint density at radius 2 is 1.62 bits per heavy atom. The molecule has 1 aromatic rings. The average molecular weight is 445 g/mol. The Morgan fingerprint density at radius 3 is 2.31 bits per heavy atom. The zero-order valence-corrected chi connectivity index (χ0v) is 20.0. The van der Waals surface area contributed by atoms with E-state index < -0.39 is 18.0 Å². The molecule has 3 amide bonds. The number of ether oxygens (including phenoxy) is 1. The molecule has 0 aromatic heterocycles. The number of fused-ring (bicyclic) bond motifs is 1. The summed E-state index contributed by atoms with van der Waals surface area (Å²) in [6, 6.07) is 6.58. The number of imide groups is 1. The number of amides is 3. The van der Waals surface area contributed by atoms with Gasteiger partial charge in [-0.05, 0) is 25.8 Å². The number of hydrogen-bond donors (Lipinski definition) is 2. The van der Waals surface area contributed by atoms with Gasteiger partial charge in [-0.25, -0.2) is 9.69 Å². The maximum atomic E-state index is 13.1. The number of urea groups is 1. The van der Waals surface area contributed by atoms with E-state index in [1.165, 1.54) is 38.5 Å². The molecule has 6 heteroatoms. The molecule has 2 rings (SSSR count). The second-order valence-electron chi connectivity index (χ2n) is 8.49. The van der Waals surface area contributed by atoms with E-state index in [4.69, 9.17) is 4.74 Å². The van der Waals surface area contributed by atoms with Crippen molar-refractivity contribution < 1.29 is 19.4 Å². The van der Waals surface area contributed by atoms with Crippen LogP contribution in [-0.4, -0.2) is 36.3 Å². The van der Waals surface area contributed by atoms with Crippen LogP contribution in [0.5, 0.6) is 0 Å². The van der Waals surface area contributed by atoms with Gasteiger partial charge < -0.3 is 15.2 Å². The molecule has 0 saturated heterocycles. The highest BCUT2D eigenvalue weighted by Gasteiger charge is 2.39. The molecule has 0 spiro atoms. The Balaban J connectivity index is 1.95. The lowest BCUT2D eigenvalue weighted by atomic mass is 10.0. The van der Waals surface area contributed by atoms with E-state index in [0.717, 1.165) is 30.6 Å². The van der Waals surface area contributed by atoms with Crippen molar-refractivity contribution in [2.24, 2.45) is 0 Å². The number of carbonyl (C=O) groups excluding carboxylic acids is 2. The number of nitrogens with one attached hydrogen (secondary N) is 1. The fourth-order valence-corrected chi connectivity index (χ4v) is 3.90. The second-order valence-corrected chi connectivity index (χ2v) is 8.49. The fraction of sp³-hybridized carbons (Fsp3) is 0.615. The summed E-state index contributed by atoms with van der Waals surface area (Å²) in [4.78, 5) is 26.9. The monoisotopic (exact) mass is 444 g/mol. The summed E-state index contributed by atoms with van der Waals surface area (Å²) in [5, 5.41) is 13.6. The first-order chi connectivity index (χ1) is 15.5. The van der Waals surface area contributed by atoms with Crippen LogP contribution in [0.3, 0.4) is 0 Å². The van der Waals surface area contributed by atoms with Crippen LogP contribution >= 0.6 is 0 Å². The SMILES string of the molecule is CCCCCCCCCCOC(C)C(O)=C1C(=O)N(C(=O)NCCCC)c2ccccc21. The first kappa shape index (κ1) is 25.9. The lowest BCUT2D eigenvalue weighted by Crippen LogP contribution is -2.42. The van der Waals surface area contributed by atoms with Gasteiger partial charge in [0.25, 0.3) is 5.91 Å². The van der Waals surface area contributed by atoms with Gasteiger partial charge in [0.1, 0.15) is 11.9 Å². The van der Waals surface area contributed by atoms with Crippen LogP contribution in [0.25, 0.3) is 5.57 Å². The Bertz CT molecular complexity index is 775. The summed E-state index contributed by atoms with van der Waals surface area (Å²) >= 11 is 0. The van der Waals surface area contributed by atoms with Crippen molar-refractivity contribution in [3.8, 4) is 0 Å². The third-order valence-corrected chi connectivity index (χ3v) is 5.85. The topological polar surface area (TPSA) is 78.9 Å². The van der Waals surface area contributed by atoms with E-state index in [1.807, 2.05) is 6.92 Å². The third kappa shape index (κ3) is 7.09. The van der Waals surface area contributed by atoms with E-state index >= 15 is 0 Å². The van der Waals surface area contributed by atoms with Gasteiger partial charge in [0.05, 0.1) is 11.3 Å². The number of hydrogen-bond acceptors (Lipinski definition) is 4. The van der Waals surface area contributed by atoms with Crippen LogP contribution in [0, 0.1) is 0 Å². The van der Waals surface area contributed by atoms with Crippen LogP contribution in [0.15, 0.2) is 30.0 Å². The van der Waals surface area contributed by atoms with Crippen LogP contribution in [0.2, 0.25) is 0 Å². The standard InChI is InChI=1S/C26H40N2O4/c1-4-6-8-9-10-11-12-15-19-32-20(3)24(29)23-21-16-13-14-17-22(21)28(25(23)30)26(31)27-18-7-5-2/h13-14,16-17,20,29H,4-12,15,18-19H2,1-3H3,(H,27,31). The van der Waals surface area contributed by atoms with Gasteiger partial charge in [-0.1, -0.05) is 83.4 Å². The minimum absolute atomic E-state index is 0.120. The predicted octanol–water partition coefficient (Wildman–Crippen LogP) is 6.36. The number of anilines is 1. The van der Waals surface area contributed by atoms with E-state index in [9.17, 15) is 14.7 Å². The van der Waals surface area contributed by atoms with Gasteiger partial charge in [-0.15, -0.1) is 0 Å². The van der Waals surface area contributed by atoms with E-state index in [-0.39, 0.29) is 11.3 Å². The predicted molar refractivity (Wildman–Crippen MR) is 130 cm³/mol. The molecule has 1 aromatic carbocycles. The van der Waals surface area contributed by atoms with Crippen molar-refractivity contribution in [2.45, 2.75) is 91.1 Å². The summed E-state index contributed by atoms with van der Waals surface area (Å²) in [7, 11) is 0. The molecule has 0 aliphatic carbocycles. The minimum atomic E-state index is -0.616. The molecule has 1 aliphatic heterocycles. The van der Waals surface area contributed by atoms with E-state index in [0.29, 0.717) is 24.4 Å². The first-order valence-electron chi connectivity index (χ1n) is 12.3. The van der Waals surface area contributed by atoms with Crippen molar-refractivity contribution in [3.63, 3.8) is 0 Å². The van der Waals surface area contributed by atoms with Crippen LogP contribution in [-0.2, 0) is 9.53 Å².